The molecule has 0 unspecified atom stereocenters. The molecular weight excluding hydrogens is 226 g/mol. The van der Waals surface area contributed by atoms with E-state index in [9.17, 15) is 0 Å². The van der Waals surface area contributed by atoms with Crippen LogP contribution in [0.2, 0.25) is 0 Å². The van der Waals surface area contributed by atoms with Crippen LogP contribution in [0.4, 0.5) is 11.6 Å². The van der Waals surface area contributed by atoms with Crippen molar-refractivity contribution in [3.05, 3.63) is 11.9 Å². The second-order valence-electron chi connectivity index (χ2n) is 5.15. The van der Waals surface area contributed by atoms with Gasteiger partial charge in [-0.1, -0.05) is 13.8 Å². The van der Waals surface area contributed by atoms with Gasteiger partial charge in [0.25, 0.3) is 0 Å². The summed E-state index contributed by atoms with van der Waals surface area (Å²) in [5.74, 6) is 8.66. The first-order valence-electron chi connectivity index (χ1n) is 6.82. The lowest BCUT2D eigenvalue weighted by Gasteiger charge is -2.27. The van der Waals surface area contributed by atoms with Crippen molar-refractivity contribution in [1.29, 1.82) is 0 Å². The average molecular weight is 249 g/mol. The third-order valence-corrected chi connectivity index (χ3v) is 3.60. The molecular formula is C13H23N5. The maximum Gasteiger partial charge on any atom is 0.145 e. The van der Waals surface area contributed by atoms with Gasteiger partial charge in [-0.15, -0.1) is 0 Å². The highest BCUT2D eigenvalue weighted by Gasteiger charge is 2.18. The third kappa shape index (κ3) is 3.32. The molecule has 0 amide bonds. The van der Waals surface area contributed by atoms with E-state index in [2.05, 4.69) is 27.6 Å². The van der Waals surface area contributed by atoms with Crippen LogP contribution in [-0.4, -0.2) is 16.0 Å². The zero-order chi connectivity index (χ0) is 13.0. The van der Waals surface area contributed by atoms with Crippen molar-refractivity contribution in [3.8, 4) is 0 Å². The molecule has 0 atom stereocenters. The normalized spacial score (nSPS) is 23.7. The minimum Gasteiger partial charge on any atom is -0.367 e. The van der Waals surface area contributed by atoms with Crippen molar-refractivity contribution in [2.24, 2.45) is 11.8 Å². The second-order valence-corrected chi connectivity index (χ2v) is 5.15. The van der Waals surface area contributed by atoms with E-state index >= 15 is 0 Å². The Bertz CT molecular complexity index is 363. The average Bonchev–Trinajstić information content (AvgIpc) is 2.41. The number of nitrogens with zero attached hydrogens (tertiary/aromatic N) is 2. The van der Waals surface area contributed by atoms with Crippen LogP contribution < -0.4 is 16.6 Å². The molecule has 1 saturated carbocycles. The molecule has 18 heavy (non-hydrogen) atoms. The molecule has 0 aliphatic heterocycles. The molecule has 5 nitrogen and oxygen atoms in total. The van der Waals surface area contributed by atoms with Gasteiger partial charge in [-0.2, -0.15) is 0 Å². The van der Waals surface area contributed by atoms with Crippen molar-refractivity contribution in [3.63, 3.8) is 0 Å². The van der Waals surface area contributed by atoms with Crippen molar-refractivity contribution >= 4 is 11.6 Å². The Hall–Kier alpha value is -1.36. The quantitative estimate of drug-likeness (QED) is 0.564. The SMILES string of the molecule is CCc1nc(NN)cc(NC2CCC(C)CC2)n1. The predicted octanol–water partition coefficient (Wildman–Crippen LogP) is 2.32. The van der Waals surface area contributed by atoms with Crippen LogP contribution in [0.3, 0.4) is 0 Å². The van der Waals surface area contributed by atoms with Crippen LogP contribution in [0, 0.1) is 5.92 Å². The fraction of sp³-hybridized carbons (Fsp3) is 0.692. The van der Waals surface area contributed by atoms with Crippen LogP contribution >= 0.6 is 0 Å². The third-order valence-electron chi connectivity index (χ3n) is 3.60. The van der Waals surface area contributed by atoms with Crippen molar-refractivity contribution in [1.82, 2.24) is 9.97 Å². The van der Waals surface area contributed by atoms with Crippen molar-refractivity contribution in [2.75, 3.05) is 10.7 Å². The van der Waals surface area contributed by atoms with Gasteiger partial charge in [0, 0.05) is 18.5 Å². The summed E-state index contributed by atoms with van der Waals surface area (Å²) in [6.45, 7) is 4.37. The highest BCUT2D eigenvalue weighted by atomic mass is 15.3. The van der Waals surface area contributed by atoms with E-state index in [1.54, 1.807) is 0 Å². The molecule has 1 aliphatic rings. The van der Waals surface area contributed by atoms with Gasteiger partial charge in [0.15, 0.2) is 0 Å². The molecule has 1 heterocycles. The van der Waals surface area contributed by atoms with Gasteiger partial charge in [-0.25, -0.2) is 15.8 Å². The van der Waals surface area contributed by atoms with Gasteiger partial charge in [-0.3, -0.25) is 0 Å². The lowest BCUT2D eigenvalue weighted by molar-refractivity contribution is 0.361. The molecule has 1 aromatic rings. The van der Waals surface area contributed by atoms with Gasteiger partial charge >= 0.3 is 0 Å². The molecule has 1 aliphatic carbocycles. The van der Waals surface area contributed by atoms with E-state index in [1.807, 2.05) is 13.0 Å². The van der Waals surface area contributed by atoms with Crippen LogP contribution in [0.15, 0.2) is 6.07 Å². The molecule has 0 bridgehead atoms. The lowest BCUT2D eigenvalue weighted by atomic mass is 9.87. The Morgan fingerprint density at radius 3 is 2.50 bits per heavy atom. The highest BCUT2D eigenvalue weighted by molar-refractivity contribution is 5.47. The standard InChI is InChI=1S/C13H23N5/c1-3-11-16-12(8-13(17-11)18-14)15-10-6-4-9(2)5-7-10/h8-10H,3-7,14H2,1-2H3,(H2,15,16,17,18). The maximum absolute atomic E-state index is 5.43. The fourth-order valence-electron chi connectivity index (χ4n) is 2.42. The first kappa shape index (κ1) is 13.1. The van der Waals surface area contributed by atoms with Crippen LogP contribution in [0.25, 0.3) is 0 Å². The number of hydrogen-bond acceptors (Lipinski definition) is 5. The van der Waals surface area contributed by atoms with Crippen LogP contribution in [0.1, 0.15) is 45.4 Å². The molecule has 0 radical (unpaired) electrons. The van der Waals surface area contributed by atoms with E-state index in [0.29, 0.717) is 11.9 Å². The van der Waals surface area contributed by atoms with E-state index in [4.69, 9.17) is 5.84 Å². The Morgan fingerprint density at radius 2 is 1.89 bits per heavy atom. The zero-order valence-corrected chi connectivity index (χ0v) is 11.2. The largest absolute Gasteiger partial charge is 0.367 e. The van der Waals surface area contributed by atoms with Crippen LogP contribution in [0.5, 0.6) is 0 Å². The fourth-order valence-corrected chi connectivity index (χ4v) is 2.42. The highest BCUT2D eigenvalue weighted by Crippen LogP contribution is 2.26. The number of anilines is 2. The first-order chi connectivity index (χ1) is 8.71. The Labute approximate surface area is 109 Å². The summed E-state index contributed by atoms with van der Waals surface area (Å²) in [5.41, 5.74) is 2.60. The summed E-state index contributed by atoms with van der Waals surface area (Å²) in [6.07, 6.45) is 5.85. The number of nitrogens with two attached hydrogens (primary N) is 1. The van der Waals surface area contributed by atoms with Gasteiger partial charge in [0.05, 0.1) is 0 Å². The number of nitrogens with one attached hydrogen (secondary N) is 2. The number of hydrazine groups is 1. The maximum atomic E-state index is 5.43. The summed E-state index contributed by atoms with van der Waals surface area (Å²) in [5, 5.41) is 3.50. The summed E-state index contributed by atoms with van der Waals surface area (Å²) in [7, 11) is 0. The van der Waals surface area contributed by atoms with E-state index in [0.717, 1.165) is 24.0 Å². The second kappa shape index (κ2) is 6.00. The number of hydrogen-bond donors (Lipinski definition) is 3. The van der Waals surface area contributed by atoms with Gasteiger partial charge < -0.3 is 10.7 Å². The summed E-state index contributed by atoms with van der Waals surface area (Å²) in [4.78, 5) is 8.78. The Balaban J connectivity index is 2.03. The molecule has 1 aromatic heterocycles. The molecule has 2 rings (SSSR count). The number of nitrogen functional groups attached to an aromatic ring is 1. The number of aryl methyl sites for hydroxylation is 1. The zero-order valence-electron chi connectivity index (χ0n) is 11.2. The summed E-state index contributed by atoms with van der Waals surface area (Å²) < 4.78 is 0. The Morgan fingerprint density at radius 1 is 1.22 bits per heavy atom. The smallest absolute Gasteiger partial charge is 0.145 e. The molecule has 0 saturated heterocycles. The Kier molecular flexibility index (Phi) is 4.36. The van der Waals surface area contributed by atoms with E-state index < -0.39 is 0 Å². The van der Waals surface area contributed by atoms with Gasteiger partial charge in [0.2, 0.25) is 0 Å². The topological polar surface area (TPSA) is 75.9 Å². The molecule has 0 spiro atoms. The lowest BCUT2D eigenvalue weighted by Crippen LogP contribution is -2.26. The number of rotatable bonds is 4. The molecule has 0 aromatic carbocycles. The van der Waals surface area contributed by atoms with E-state index in [-0.39, 0.29) is 0 Å². The molecule has 100 valence electrons. The molecule has 5 heteroatoms. The predicted molar refractivity (Wildman–Crippen MR) is 74.3 cm³/mol. The summed E-state index contributed by atoms with van der Waals surface area (Å²) in [6, 6.07) is 2.41. The molecule has 4 N–H and O–H groups in total. The first-order valence-corrected chi connectivity index (χ1v) is 6.82. The van der Waals surface area contributed by atoms with Gasteiger partial charge in [-0.05, 0) is 31.6 Å². The molecule has 1 fully saturated rings. The minimum absolute atomic E-state index is 0.534. The van der Waals surface area contributed by atoms with Gasteiger partial charge in [0.1, 0.15) is 17.5 Å². The summed E-state index contributed by atoms with van der Waals surface area (Å²) >= 11 is 0. The number of aromatic nitrogens is 2. The van der Waals surface area contributed by atoms with E-state index in [1.165, 1.54) is 25.7 Å². The van der Waals surface area contributed by atoms with Crippen molar-refractivity contribution < 1.29 is 0 Å². The van der Waals surface area contributed by atoms with Crippen molar-refractivity contribution in [2.45, 2.75) is 52.0 Å². The monoisotopic (exact) mass is 249 g/mol. The minimum atomic E-state index is 0.534. The van der Waals surface area contributed by atoms with Crippen LogP contribution in [-0.2, 0) is 6.42 Å².